The van der Waals surface area contributed by atoms with Crippen molar-refractivity contribution in [2.75, 3.05) is 5.32 Å². The Hall–Kier alpha value is -1.92. The summed E-state index contributed by atoms with van der Waals surface area (Å²) in [5.74, 6) is -0.233. The number of hydrogen-bond donors (Lipinski definition) is 1. The zero-order valence-corrected chi connectivity index (χ0v) is 8.72. The van der Waals surface area contributed by atoms with Crippen molar-refractivity contribution in [1.29, 1.82) is 0 Å². The molecule has 0 aliphatic rings. The van der Waals surface area contributed by atoms with Crippen LogP contribution in [-0.2, 0) is 4.79 Å². The number of hydrogen-bond acceptors (Lipinski definition) is 4. The number of anilines is 1. The molecule has 0 atom stereocenters. The first kappa shape index (κ1) is 11.2. The standard InChI is InChI=1S/C8H12N4O3/c1-5(2)11-8(10-6(3)13)7(4-9-11)12(14)15/h4-5H,1-3H3,(H,10,13). The van der Waals surface area contributed by atoms with Gasteiger partial charge in [0.25, 0.3) is 0 Å². The number of rotatable bonds is 3. The fourth-order valence-corrected chi connectivity index (χ4v) is 1.17. The summed E-state index contributed by atoms with van der Waals surface area (Å²) in [6.07, 6.45) is 1.13. The summed E-state index contributed by atoms with van der Waals surface area (Å²) in [4.78, 5) is 21.0. The average molecular weight is 212 g/mol. The molecule has 0 unspecified atom stereocenters. The number of aromatic nitrogens is 2. The predicted molar refractivity (Wildman–Crippen MR) is 53.6 cm³/mol. The van der Waals surface area contributed by atoms with Crippen molar-refractivity contribution in [2.24, 2.45) is 0 Å². The van der Waals surface area contributed by atoms with Crippen LogP contribution in [0.1, 0.15) is 26.8 Å². The van der Waals surface area contributed by atoms with Gasteiger partial charge in [0.15, 0.2) is 0 Å². The Morgan fingerprint density at radius 1 is 1.67 bits per heavy atom. The first-order valence-corrected chi connectivity index (χ1v) is 4.43. The first-order valence-electron chi connectivity index (χ1n) is 4.43. The second-order valence-electron chi connectivity index (χ2n) is 3.36. The minimum absolute atomic E-state index is 0.0550. The van der Waals surface area contributed by atoms with E-state index in [1.165, 1.54) is 11.6 Å². The van der Waals surface area contributed by atoms with E-state index in [2.05, 4.69) is 10.4 Å². The number of nitrogens with zero attached hydrogens (tertiary/aromatic N) is 3. The Labute approximate surface area is 86.2 Å². The molecule has 1 N–H and O–H groups in total. The predicted octanol–water partition coefficient (Wildman–Crippen LogP) is 1.33. The highest BCUT2D eigenvalue weighted by atomic mass is 16.6. The van der Waals surface area contributed by atoms with E-state index in [1.54, 1.807) is 0 Å². The lowest BCUT2D eigenvalue weighted by Crippen LogP contribution is -2.14. The molecule has 7 nitrogen and oxygen atoms in total. The van der Waals surface area contributed by atoms with E-state index < -0.39 is 4.92 Å². The largest absolute Gasteiger partial charge is 0.331 e. The lowest BCUT2D eigenvalue weighted by atomic mass is 10.4. The van der Waals surface area contributed by atoms with Crippen molar-refractivity contribution < 1.29 is 9.72 Å². The van der Waals surface area contributed by atoms with E-state index in [0.717, 1.165) is 6.20 Å². The molecule has 1 aromatic rings. The summed E-state index contributed by atoms with van der Waals surface area (Å²) in [6.45, 7) is 4.94. The third-order valence-electron chi connectivity index (χ3n) is 1.76. The van der Waals surface area contributed by atoms with E-state index in [4.69, 9.17) is 0 Å². The minimum Gasteiger partial charge on any atom is -0.305 e. The van der Waals surface area contributed by atoms with Crippen LogP contribution in [-0.4, -0.2) is 20.6 Å². The molecule has 0 aliphatic carbocycles. The Morgan fingerprint density at radius 2 is 2.27 bits per heavy atom. The molecule has 0 aliphatic heterocycles. The molecule has 7 heteroatoms. The first-order chi connectivity index (χ1) is 6.93. The van der Waals surface area contributed by atoms with E-state index in [9.17, 15) is 14.9 Å². The smallest absolute Gasteiger partial charge is 0.305 e. The maximum Gasteiger partial charge on any atom is 0.331 e. The van der Waals surface area contributed by atoms with E-state index >= 15 is 0 Å². The van der Waals surface area contributed by atoms with Gasteiger partial charge in [-0.1, -0.05) is 0 Å². The third-order valence-corrected chi connectivity index (χ3v) is 1.76. The fraction of sp³-hybridized carbons (Fsp3) is 0.500. The van der Waals surface area contributed by atoms with Crippen molar-refractivity contribution in [3.8, 4) is 0 Å². The van der Waals surface area contributed by atoms with Crippen LogP contribution in [0.15, 0.2) is 6.20 Å². The lowest BCUT2D eigenvalue weighted by Gasteiger charge is -2.09. The highest BCUT2D eigenvalue weighted by molar-refractivity contribution is 5.90. The summed E-state index contributed by atoms with van der Waals surface area (Å²) in [6, 6.07) is -0.0550. The second-order valence-corrected chi connectivity index (χ2v) is 3.36. The molecular formula is C8H12N4O3. The molecular weight excluding hydrogens is 200 g/mol. The molecule has 1 heterocycles. The molecule has 0 fully saturated rings. The maximum absolute atomic E-state index is 10.9. The Kier molecular flexibility index (Phi) is 3.03. The van der Waals surface area contributed by atoms with Crippen molar-refractivity contribution in [3.63, 3.8) is 0 Å². The highest BCUT2D eigenvalue weighted by Gasteiger charge is 2.22. The van der Waals surface area contributed by atoms with Gasteiger partial charge in [0.1, 0.15) is 6.20 Å². The van der Waals surface area contributed by atoms with E-state index in [0.29, 0.717) is 0 Å². The molecule has 0 saturated carbocycles. The van der Waals surface area contributed by atoms with Crippen LogP contribution < -0.4 is 5.32 Å². The van der Waals surface area contributed by atoms with Crippen LogP contribution in [0.2, 0.25) is 0 Å². The van der Waals surface area contributed by atoms with Crippen LogP contribution in [0, 0.1) is 10.1 Å². The summed E-state index contributed by atoms with van der Waals surface area (Å²) in [5, 5.41) is 16.9. The third kappa shape index (κ3) is 2.30. The summed E-state index contributed by atoms with van der Waals surface area (Å²) in [7, 11) is 0. The van der Waals surface area contributed by atoms with Gasteiger partial charge in [-0.05, 0) is 13.8 Å². The number of carbonyl (C=O) groups excluding carboxylic acids is 1. The second kappa shape index (κ2) is 4.07. The fourth-order valence-electron chi connectivity index (χ4n) is 1.17. The monoisotopic (exact) mass is 212 g/mol. The summed E-state index contributed by atoms with van der Waals surface area (Å²) >= 11 is 0. The Balaban J connectivity index is 3.19. The quantitative estimate of drug-likeness (QED) is 0.604. The van der Waals surface area contributed by atoms with Crippen molar-refractivity contribution in [1.82, 2.24) is 9.78 Å². The highest BCUT2D eigenvalue weighted by Crippen LogP contribution is 2.26. The van der Waals surface area contributed by atoms with Gasteiger partial charge in [0.05, 0.1) is 4.92 Å². The van der Waals surface area contributed by atoms with Crippen LogP contribution >= 0.6 is 0 Å². The maximum atomic E-state index is 10.9. The molecule has 0 bridgehead atoms. The van der Waals surface area contributed by atoms with E-state index in [1.807, 2.05) is 13.8 Å². The molecule has 15 heavy (non-hydrogen) atoms. The zero-order chi connectivity index (χ0) is 11.6. The molecule has 82 valence electrons. The van der Waals surface area contributed by atoms with Gasteiger partial charge in [0.2, 0.25) is 11.7 Å². The Morgan fingerprint density at radius 3 is 2.67 bits per heavy atom. The van der Waals surface area contributed by atoms with Gasteiger partial charge in [-0.2, -0.15) is 5.10 Å². The minimum atomic E-state index is -0.572. The van der Waals surface area contributed by atoms with Gasteiger partial charge in [0, 0.05) is 13.0 Å². The zero-order valence-electron chi connectivity index (χ0n) is 8.72. The number of nitro groups is 1. The molecule has 1 rings (SSSR count). The molecule has 1 amide bonds. The van der Waals surface area contributed by atoms with Crippen molar-refractivity contribution >= 4 is 17.4 Å². The average Bonchev–Trinajstić information content (AvgIpc) is 2.46. The lowest BCUT2D eigenvalue weighted by molar-refractivity contribution is -0.384. The van der Waals surface area contributed by atoms with Crippen LogP contribution in [0.4, 0.5) is 11.5 Å². The van der Waals surface area contributed by atoms with Gasteiger partial charge < -0.3 is 5.32 Å². The molecule has 0 spiro atoms. The van der Waals surface area contributed by atoms with Gasteiger partial charge in [-0.3, -0.25) is 14.9 Å². The number of amides is 1. The van der Waals surface area contributed by atoms with Crippen LogP contribution in [0.5, 0.6) is 0 Å². The van der Waals surface area contributed by atoms with Gasteiger partial charge in [-0.25, -0.2) is 4.68 Å². The van der Waals surface area contributed by atoms with Crippen molar-refractivity contribution in [2.45, 2.75) is 26.8 Å². The topological polar surface area (TPSA) is 90.1 Å². The van der Waals surface area contributed by atoms with Crippen LogP contribution in [0.25, 0.3) is 0 Å². The van der Waals surface area contributed by atoms with Crippen molar-refractivity contribution in [3.05, 3.63) is 16.3 Å². The summed E-state index contributed by atoms with van der Waals surface area (Å²) in [5.41, 5.74) is -0.195. The van der Waals surface area contributed by atoms with Crippen LogP contribution in [0.3, 0.4) is 0 Å². The number of nitrogens with one attached hydrogen (secondary N) is 1. The molecule has 0 saturated heterocycles. The number of carbonyl (C=O) groups is 1. The molecule has 0 aromatic carbocycles. The SMILES string of the molecule is CC(=O)Nc1c([N+](=O)[O-])cnn1C(C)C. The summed E-state index contributed by atoms with van der Waals surface area (Å²) < 4.78 is 1.40. The van der Waals surface area contributed by atoms with E-state index in [-0.39, 0.29) is 23.5 Å². The molecule has 1 aromatic heterocycles. The normalized spacial score (nSPS) is 10.4. The Bertz CT molecular complexity index is 397. The van der Waals surface area contributed by atoms with Gasteiger partial charge in [-0.15, -0.1) is 0 Å². The van der Waals surface area contributed by atoms with Gasteiger partial charge >= 0.3 is 5.69 Å². The molecule has 0 radical (unpaired) electrons.